The summed E-state index contributed by atoms with van der Waals surface area (Å²) in [5.74, 6) is 0.153. The van der Waals surface area contributed by atoms with Gasteiger partial charge in [0.2, 0.25) is 10.0 Å². The first kappa shape index (κ1) is 19.2. The van der Waals surface area contributed by atoms with Gasteiger partial charge in [0, 0.05) is 11.7 Å². The Morgan fingerprint density at radius 3 is 2.32 bits per heavy atom. The number of hydrogen-bond donors (Lipinski definition) is 2. The summed E-state index contributed by atoms with van der Waals surface area (Å²) in [5, 5.41) is 2.84. The number of methoxy groups -OCH3 is 1. The third-order valence-electron chi connectivity index (χ3n) is 3.23. The van der Waals surface area contributed by atoms with E-state index in [-0.39, 0.29) is 21.5 Å². The van der Waals surface area contributed by atoms with Crippen molar-refractivity contribution in [3.63, 3.8) is 0 Å². The molecule has 0 aliphatic carbocycles. The number of rotatable bonds is 6. The Kier molecular flexibility index (Phi) is 6.05. The average Bonchev–Trinajstić information content (AvgIpc) is 2.54. The SMILES string of the molecule is COc1ccc(NC(=O)c2cc(S(=O)(=O)NC(C)C)ccc2Cl)cc1. The van der Waals surface area contributed by atoms with Crippen molar-refractivity contribution in [1.82, 2.24) is 4.72 Å². The first-order valence-electron chi connectivity index (χ1n) is 7.50. The number of carbonyl (C=O) groups excluding carboxylic acids is 1. The van der Waals surface area contributed by atoms with Crippen LogP contribution in [0, 0.1) is 0 Å². The van der Waals surface area contributed by atoms with E-state index in [2.05, 4.69) is 10.0 Å². The molecule has 2 rings (SSSR count). The molecule has 0 unspecified atom stereocenters. The Balaban J connectivity index is 2.28. The molecule has 8 heteroatoms. The highest BCUT2D eigenvalue weighted by Crippen LogP contribution is 2.23. The molecule has 0 saturated heterocycles. The zero-order chi connectivity index (χ0) is 18.6. The van der Waals surface area contributed by atoms with Crippen molar-refractivity contribution in [2.45, 2.75) is 24.8 Å². The molecule has 134 valence electrons. The van der Waals surface area contributed by atoms with E-state index in [9.17, 15) is 13.2 Å². The predicted octanol–water partition coefficient (Wildman–Crippen LogP) is 3.29. The lowest BCUT2D eigenvalue weighted by molar-refractivity contribution is 0.102. The number of benzene rings is 2. The Bertz CT molecular complexity index is 865. The Hall–Kier alpha value is -2.09. The van der Waals surface area contributed by atoms with Crippen LogP contribution in [0.25, 0.3) is 0 Å². The van der Waals surface area contributed by atoms with Crippen LogP contribution in [0.4, 0.5) is 5.69 Å². The number of carbonyl (C=O) groups is 1. The predicted molar refractivity (Wildman–Crippen MR) is 97.9 cm³/mol. The minimum atomic E-state index is -3.72. The first-order valence-corrected chi connectivity index (χ1v) is 9.36. The van der Waals surface area contributed by atoms with Crippen LogP contribution in [-0.4, -0.2) is 27.5 Å². The van der Waals surface area contributed by atoms with Gasteiger partial charge in [0.25, 0.3) is 5.91 Å². The maximum absolute atomic E-state index is 12.4. The minimum Gasteiger partial charge on any atom is -0.497 e. The second-order valence-electron chi connectivity index (χ2n) is 5.60. The molecule has 0 spiro atoms. The fourth-order valence-corrected chi connectivity index (χ4v) is 3.58. The number of nitrogens with one attached hydrogen (secondary N) is 2. The minimum absolute atomic E-state index is 0.0227. The lowest BCUT2D eigenvalue weighted by atomic mass is 10.2. The molecule has 0 fully saturated rings. The van der Waals surface area contributed by atoms with E-state index in [1.807, 2.05) is 0 Å². The summed E-state index contributed by atoms with van der Waals surface area (Å²) in [4.78, 5) is 12.4. The van der Waals surface area contributed by atoms with Crippen LogP contribution in [0.2, 0.25) is 5.02 Å². The second-order valence-corrected chi connectivity index (χ2v) is 7.72. The number of halogens is 1. The van der Waals surface area contributed by atoms with Crippen LogP contribution in [0.15, 0.2) is 47.4 Å². The van der Waals surface area contributed by atoms with Crippen LogP contribution in [0.5, 0.6) is 5.75 Å². The van der Waals surface area contributed by atoms with Crippen LogP contribution >= 0.6 is 11.6 Å². The van der Waals surface area contributed by atoms with Crippen LogP contribution in [-0.2, 0) is 10.0 Å². The molecule has 1 amide bonds. The largest absolute Gasteiger partial charge is 0.497 e. The van der Waals surface area contributed by atoms with Crippen molar-refractivity contribution in [2.75, 3.05) is 12.4 Å². The highest BCUT2D eigenvalue weighted by Gasteiger charge is 2.19. The molecule has 0 atom stereocenters. The van der Waals surface area contributed by atoms with Gasteiger partial charge in [0.05, 0.1) is 22.6 Å². The third-order valence-corrected chi connectivity index (χ3v) is 5.22. The van der Waals surface area contributed by atoms with Crippen molar-refractivity contribution >= 4 is 33.2 Å². The van der Waals surface area contributed by atoms with Gasteiger partial charge in [-0.15, -0.1) is 0 Å². The van der Waals surface area contributed by atoms with Crippen molar-refractivity contribution in [3.05, 3.63) is 53.1 Å². The normalized spacial score (nSPS) is 11.4. The number of ether oxygens (including phenoxy) is 1. The molecule has 2 N–H and O–H groups in total. The molecular formula is C17H19ClN2O4S. The monoisotopic (exact) mass is 382 g/mol. The van der Waals surface area contributed by atoms with E-state index in [0.717, 1.165) is 0 Å². The zero-order valence-electron chi connectivity index (χ0n) is 14.0. The maximum atomic E-state index is 12.4. The van der Waals surface area contributed by atoms with Gasteiger partial charge < -0.3 is 10.1 Å². The van der Waals surface area contributed by atoms with E-state index < -0.39 is 15.9 Å². The molecule has 0 radical (unpaired) electrons. The Morgan fingerprint density at radius 1 is 1.12 bits per heavy atom. The van der Waals surface area contributed by atoms with Crippen molar-refractivity contribution < 1.29 is 17.9 Å². The summed E-state index contributed by atoms with van der Waals surface area (Å²) in [6, 6.07) is 10.5. The summed E-state index contributed by atoms with van der Waals surface area (Å²) in [7, 11) is -2.17. The molecule has 0 aromatic heterocycles. The average molecular weight is 383 g/mol. The number of amides is 1. The number of hydrogen-bond acceptors (Lipinski definition) is 4. The molecule has 0 aliphatic rings. The lowest BCUT2D eigenvalue weighted by Gasteiger charge is -2.12. The number of anilines is 1. The van der Waals surface area contributed by atoms with Gasteiger partial charge >= 0.3 is 0 Å². The maximum Gasteiger partial charge on any atom is 0.257 e. The van der Waals surface area contributed by atoms with Crippen molar-refractivity contribution in [1.29, 1.82) is 0 Å². The van der Waals surface area contributed by atoms with E-state index in [0.29, 0.717) is 11.4 Å². The van der Waals surface area contributed by atoms with Gasteiger partial charge in [0.15, 0.2) is 0 Å². The van der Waals surface area contributed by atoms with Crippen LogP contribution in [0.3, 0.4) is 0 Å². The smallest absolute Gasteiger partial charge is 0.257 e. The fraction of sp³-hybridized carbons (Fsp3) is 0.235. The highest BCUT2D eigenvalue weighted by molar-refractivity contribution is 7.89. The summed E-state index contributed by atoms with van der Waals surface area (Å²) < 4.78 is 32.0. The van der Waals surface area contributed by atoms with Crippen LogP contribution < -0.4 is 14.8 Å². The molecule has 2 aromatic carbocycles. The van der Waals surface area contributed by atoms with Gasteiger partial charge in [-0.3, -0.25) is 4.79 Å². The van der Waals surface area contributed by atoms with Gasteiger partial charge in [-0.05, 0) is 56.3 Å². The zero-order valence-corrected chi connectivity index (χ0v) is 15.6. The molecule has 0 heterocycles. The van der Waals surface area contributed by atoms with E-state index in [1.165, 1.54) is 18.2 Å². The van der Waals surface area contributed by atoms with Gasteiger partial charge in [-0.25, -0.2) is 13.1 Å². The molecule has 0 aliphatic heterocycles. The quantitative estimate of drug-likeness (QED) is 0.802. The van der Waals surface area contributed by atoms with Gasteiger partial charge in [0.1, 0.15) is 5.75 Å². The van der Waals surface area contributed by atoms with E-state index >= 15 is 0 Å². The van der Waals surface area contributed by atoms with Gasteiger partial charge in [-0.1, -0.05) is 11.6 Å². The number of sulfonamides is 1. The second kappa shape index (κ2) is 7.86. The topological polar surface area (TPSA) is 84.5 Å². The van der Waals surface area contributed by atoms with Crippen LogP contribution in [0.1, 0.15) is 24.2 Å². The molecule has 25 heavy (non-hydrogen) atoms. The standard InChI is InChI=1S/C17H19ClN2O4S/c1-11(2)20-25(22,23)14-8-9-16(18)15(10-14)17(21)19-12-4-6-13(24-3)7-5-12/h4-11,20H,1-3H3,(H,19,21). The molecule has 0 saturated carbocycles. The summed E-state index contributed by atoms with van der Waals surface area (Å²) in [6.45, 7) is 3.43. The van der Waals surface area contributed by atoms with E-state index in [1.54, 1.807) is 45.2 Å². The first-order chi connectivity index (χ1) is 11.7. The van der Waals surface area contributed by atoms with E-state index in [4.69, 9.17) is 16.3 Å². The third kappa shape index (κ3) is 4.94. The summed E-state index contributed by atoms with van der Waals surface area (Å²) >= 11 is 6.06. The molecule has 6 nitrogen and oxygen atoms in total. The Labute approximate surface area is 152 Å². The lowest BCUT2D eigenvalue weighted by Crippen LogP contribution is -2.30. The summed E-state index contributed by atoms with van der Waals surface area (Å²) in [5.41, 5.74) is 0.611. The van der Waals surface area contributed by atoms with Crippen molar-refractivity contribution in [3.8, 4) is 5.75 Å². The van der Waals surface area contributed by atoms with Gasteiger partial charge in [-0.2, -0.15) is 0 Å². The summed E-state index contributed by atoms with van der Waals surface area (Å²) in [6.07, 6.45) is 0. The van der Waals surface area contributed by atoms with Crippen molar-refractivity contribution in [2.24, 2.45) is 0 Å². The fourth-order valence-electron chi connectivity index (χ4n) is 2.10. The highest BCUT2D eigenvalue weighted by atomic mass is 35.5. The molecule has 2 aromatic rings. The Morgan fingerprint density at radius 2 is 1.76 bits per heavy atom. The molecular weight excluding hydrogens is 364 g/mol. The molecule has 0 bridgehead atoms.